The Bertz CT molecular complexity index is 822. The van der Waals surface area contributed by atoms with Gasteiger partial charge in [0.05, 0.1) is 16.4 Å². The lowest BCUT2D eigenvalue weighted by atomic mass is 9.49. The van der Waals surface area contributed by atoms with Gasteiger partial charge in [0.1, 0.15) is 5.69 Å². The number of aryl methyl sites for hydroxylation is 1. The molecule has 0 radical (unpaired) electrons. The van der Waals surface area contributed by atoms with E-state index in [2.05, 4.69) is 31.7 Å². The van der Waals surface area contributed by atoms with Crippen molar-refractivity contribution in [3.8, 4) is 0 Å². The summed E-state index contributed by atoms with van der Waals surface area (Å²) in [5, 5.41) is 10.1. The van der Waals surface area contributed by atoms with Crippen molar-refractivity contribution < 1.29 is 4.79 Å². The number of carbonyl (C=O) groups is 1. The quantitative estimate of drug-likeness (QED) is 0.748. The van der Waals surface area contributed by atoms with E-state index in [0.29, 0.717) is 17.4 Å². The summed E-state index contributed by atoms with van der Waals surface area (Å²) >= 11 is 4.98. The number of halogens is 1. The highest BCUT2D eigenvalue weighted by molar-refractivity contribution is 9.10. The number of hydrogen-bond acceptors (Lipinski definition) is 4. The van der Waals surface area contributed by atoms with Gasteiger partial charge in [0.25, 0.3) is 5.91 Å². The van der Waals surface area contributed by atoms with Crippen molar-refractivity contribution in [3.63, 3.8) is 0 Å². The van der Waals surface area contributed by atoms with Crippen LogP contribution >= 0.6 is 27.3 Å². The standard InChI is InChI=1S/C19H23BrN4OS/c1-2-24-16(14(20)9-21-24)17(25)23-18-22-15(10-26-18)19-6-11-3-12(7-19)5-13(4-11)8-19/h9-13H,2-8H2,1H3,(H,22,23,25). The number of aromatic nitrogens is 3. The van der Waals surface area contributed by atoms with Crippen molar-refractivity contribution >= 4 is 38.3 Å². The van der Waals surface area contributed by atoms with Crippen LogP contribution < -0.4 is 5.32 Å². The first kappa shape index (κ1) is 16.9. The van der Waals surface area contributed by atoms with Crippen LogP contribution in [-0.2, 0) is 12.0 Å². The number of nitrogens with zero attached hydrogens (tertiary/aromatic N) is 3. The van der Waals surface area contributed by atoms with Gasteiger partial charge in [-0.05, 0) is 79.1 Å². The summed E-state index contributed by atoms with van der Waals surface area (Å²) in [5.74, 6) is 2.55. The van der Waals surface area contributed by atoms with Crippen LogP contribution in [0.25, 0.3) is 0 Å². The second kappa shape index (κ2) is 6.16. The van der Waals surface area contributed by atoms with E-state index < -0.39 is 0 Å². The zero-order valence-corrected chi connectivity index (χ0v) is 17.3. The smallest absolute Gasteiger partial charge is 0.276 e. The molecular weight excluding hydrogens is 412 g/mol. The minimum atomic E-state index is -0.150. The summed E-state index contributed by atoms with van der Waals surface area (Å²) in [6, 6.07) is 0. The molecule has 0 spiro atoms. The largest absolute Gasteiger partial charge is 0.296 e. The maximum absolute atomic E-state index is 12.7. The SMILES string of the molecule is CCn1ncc(Br)c1C(=O)Nc1nc(C23CC4CC(CC(C4)C2)C3)cs1. The van der Waals surface area contributed by atoms with E-state index in [1.54, 1.807) is 22.2 Å². The molecule has 0 aliphatic heterocycles. The van der Waals surface area contributed by atoms with Crippen molar-refractivity contribution in [2.75, 3.05) is 5.32 Å². The molecule has 4 saturated carbocycles. The molecule has 2 heterocycles. The molecule has 7 heteroatoms. The number of amides is 1. The molecule has 0 atom stereocenters. The fourth-order valence-corrected chi connectivity index (χ4v) is 7.29. The number of anilines is 1. The molecule has 4 aliphatic rings. The molecule has 5 nitrogen and oxygen atoms in total. The number of nitrogens with one attached hydrogen (secondary N) is 1. The molecule has 1 amide bonds. The molecule has 4 fully saturated rings. The Morgan fingerprint density at radius 2 is 1.96 bits per heavy atom. The zero-order chi connectivity index (χ0) is 17.9. The molecule has 2 aromatic rings. The van der Waals surface area contributed by atoms with E-state index in [1.165, 1.54) is 44.2 Å². The minimum absolute atomic E-state index is 0.150. The lowest BCUT2D eigenvalue weighted by Gasteiger charge is -2.56. The lowest BCUT2D eigenvalue weighted by Crippen LogP contribution is -2.48. The Balaban J connectivity index is 1.38. The fourth-order valence-electron chi connectivity index (χ4n) is 5.98. The van der Waals surface area contributed by atoms with Gasteiger partial charge in [-0.1, -0.05) is 0 Å². The van der Waals surface area contributed by atoms with E-state index in [4.69, 9.17) is 4.98 Å². The summed E-state index contributed by atoms with van der Waals surface area (Å²) < 4.78 is 2.42. The maximum atomic E-state index is 12.7. The van der Waals surface area contributed by atoms with Gasteiger partial charge in [-0.2, -0.15) is 5.10 Å². The number of carbonyl (C=O) groups excluding carboxylic acids is 1. The van der Waals surface area contributed by atoms with Crippen molar-refractivity contribution in [2.24, 2.45) is 17.8 Å². The summed E-state index contributed by atoms with van der Waals surface area (Å²) in [5.41, 5.74) is 2.05. The van der Waals surface area contributed by atoms with Crippen molar-refractivity contribution in [1.82, 2.24) is 14.8 Å². The summed E-state index contributed by atoms with van der Waals surface area (Å²) in [6.45, 7) is 2.63. The predicted octanol–water partition coefficient (Wildman–Crippen LogP) is 4.84. The van der Waals surface area contributed by atoms with Gasteiger partial charge in [0, 0.05) is 17.3 Å². The normalized spacial score (nSPS) is 32.2. The molecule has 4 aliphatic carbocycles. The van der Waals surface area contributed by atoms with Gasteiger partial charge in [-0.15, -0.1) is 11.3 Å². The first-order valence-electron chi connectivity index (χ1n) is 9.55. The maximum Gasteiger partial charge on any atom is 0.276 e. The second-order valence-electron chi connectivity index (χ2n) is 8.35. The third-order valence-electron chi connectivity index (χ3n) is 6.62. The van der Waals surface area contributed by atoms with Crippen LogP contribution in [0.3, 0.4) is 0 Å². The Kier molecular flexibility index (Phi) is 4.01. The molecule has 0 unspecified atom stereocenters. The second-order valence-corrected chi connectivity index (χ2v) is 10.1. The topological polar surface area (TPSA) is 59.8 Å². The van der Waals surface area contributed by atoms with Gasteiger partial charge in [0.15, 0.2) is 5.13 Å². The van der Waals surface area contributed by atoms with Gasteiger partial charge >= 0.3 is 0 Å². The van der Waals surface area contributed by atoms with E-state index in [-0.39, 0.29) is 11.3 Å². The first-order chi connectivity index (χ1) is 12.6. The molecule has 6 rings (SSSR count). The molecule has 2 aromatic heterocycles. The van der Waals surface area contributed by atoms with E-state index in [1.807, 2.05) is 6.92 Å². The molecule has 0 aromatic carbocycles. The van der Waals surface area contributed by atoms with E-state index >= 15 is 0 Å². The summed E-state index contributed by atoms with van der Waals surface area (Å²) in [4.78, 5) is 17.6. The Morgan fingerprint density at radius 1 is 1.31 bits per heavy atom. The molecular formula is C19H23BrN4OS. The summed E-state index contributed by atoms with van der Waals surface area (Å²) in [6.07, 6.45) is 9.85. The third-order valence-corrected chi connectivity index (χ3v) is 7.95. The van der Waals surface area contributed by atoms with Crippen molar-refractivity contribution in [1.29, 1.82) is 0 Å². The Labute approximate surface area is 165 Å². The molecule has 4 bridgehead atoms. The lowest BCUT2D eigenvalue weighted by molar-refractivity contribution is -0.00688. The van der Waals surface area contributed by atoms with Crippen LogP contribution in [0, 0.1) is 17.8 Å². The summed E-state index contributed by atoms with van der Waals surface area (Å²) in [7, 11) is 0. The van der Waals surface area contributed by atoms with Crippen LogP contribution in [0.15, 0.2) is 16.0 Å². The van der Waals surface area contributed by atoms with E-state index in [9.17, 15) is 4.79 Å². The van der Waals surface area contributed by atoms with Crippen LogP contribution in [-0.4, -0.2) is 20.7 Å². The van der Waals surface area contributed by atoms with E-state index in [0.717, 1.165) is 22.2 Å². The van der Waals surface area contributed by atoms with Gasteiger partial charge in [-0.25, -0.2) is 4.98 Å². The highest BCUT2D eigenvalue weighted by atomic mass is 79.9. The Hall–Kier alpha value is -1.21. The van der Waals surface area contributed by atoms with Crippen LogP contribution in [0.1, 0.15) is 61.6 Å². The third kappa shape index (κ3) is 2.66. The average molecular weight is 435 g/mol. The molecule has 26 heavy (non-hydrogen) atoms. The minimum Gasteiger partial charge on any atom is -0.296 e. The average Bonchev–Trinajstić information content (AvgIpc) is 3.20. The highest BCUT2D eigenvalue weighted by Gasteiger charge is 2.52. The van der Waals surface area contributed by atoms with Gasteiger partial charge < -0.3 is 0 Å². The zero-order valence-electron chi connectivity index (χ0n) is 14.9. The monoisotopic (exact) mass is 434 g/mol. The van der Waals surface area contributed by atoms with Crippen molar-refractivity contribution in [3.05, 3.63) is 27.4 Å². The first-order valence-corrected chi connectivity index (χ1v) is 11.2. The number of thiazole rings is 1. The van der Waals surface area contributed by atoms with Gasteiger partial charge in [0.2, 0.25) is 0 Å². The van der Waals surface area contributed by atoms with Crippen LogP contribution in [0.5, 0.6) is 0 Å². The highest BCUT2D eigenvalue weighted by Crippen LogP contribution is 2.60. The predicted molar refractivity (Wildman–Crippen MR) is 106 cm³/mol. The van der Waals surface area contributed by atoms with Crippen LogP contribution in [0.4, 0.5) is 5.13 Å². The number of hydrogen-bond donors (Lipinski definition) is 1. The fraction of sp³-hybridized carbons (Fsp3) is 0.632. The number of rotatable bonds is 4. The molecule has 1 N–H and O–H groups in total. The van der Waals surface area contributed by atoms with Crippen LogP contribution in [0.2, 0.25) is 0 Å². The molecule has 0 saturated heterocycles. The molecule has 138 valence electrons. The van der Waals surface area contributed by atoms with Crippen molar-refractivity contribution in [2.45, 2.75) is 57.4 Å². The van der Waals surface area contributed by atoms with Gasteiger partial charge in [-0.3, -0.25) is 14.8 Å². The Morgan fingerprint density at radius 3 is 2.58 bits per heavy atom.